The third kappa shape index (κ3) is 5.24. The Balaban J connectivity index is 1.83. The predicted octanol–water partition coefficient (Wildman–Crippen LogP) is 5.68. The van der Waals surface area contributed by atoms with Gasteiger partial charge in [0.05, 0.1) is 43.5 Å². The fourth-order valence-electron chi connectivity index (χ4n) is 4.40. The first-order chi connectivity index (χ1) is 17.8. The highest BCUT2D eigenvalue weighted by Gasteiger charge is 2.46. The number of hydrogen-bond acceptors (Lipinski definition) is 6. The lowest BCUT2D eigenvalue weighted by Crippen LogP contribution is -2.31. The molecule has 0 aromatic heterocycles. The van der Waals surface area contributed by atoms with Gasteiger partial charge in [0.1, 0.15) is 23.0 Å². The predicted molar refractivity (Wildman–Crippen MR) is 142 cm³/mol. The smallest absolute Gasteiger partial charge is 0.295 e. The second kappa shape index (κ2) is 11.2. The molecular formula is C28H25Cl2NO6. The van der Waals surface area contributed by atoms with Crippen molar-refractivity contribution >= 4 is 40.7 Å². The van der Waals surface area contributed by atoms with E-state index in [9.17, 15) is 14.7 Å². The van der Waals surface area contributed by atoms with Crippen LogP contribution in [-0.2, 0) is 16.0 Å². The number of benzene rings is 3. The molecule has 0 aliphatic carbocycles. The Morgan fingerprint density at radius 3 is 2.27 bits per heavy atom. The normalized spacial score (nSPS) is 16.7. The number of methoxy groups -OCH3 is 3. The summed E-state index contributed by atoms with van der Waals surface area (Å²) in [5.74, 6) is -0.582. The zero-order valence-electron chi connectivity index (χ0n) is 20.5. The number of carbonyl (C=O) groups is 2. The minimum Gasteiger partial charge on any atom is -0.507 e. The molecule has 1 aliphatic heterocycles. The Hall–Kier alpha value is -3.68. The van der Waals surface area contributed by atoms with Gasteiger partial charge in [-0.1, -0.05) is 47.5 Å². The first-order valence-electron chi connectivity index (χ1n) is 11.4. The maximum atomic E-state index is 13.4. The topological polar surface area (TPSA) is 85.3 Å². The number of amides is 1. The third-order valence-corrected chi connectivity index (χ3v) is 6.72. The van der Waals surface area contributed by atoms with Crippen molar-refractivity contribution in [3.63, 3.8) is 0 Å². The van der Waals surface area contributed by atoms with Crippen LogP contribution in [0, 0.1) is 0 Å². The molecule has 37 heavy (non-hydrogen) atoms. The van der Waals surface area contributed by atoms with E-state index in [0.717, 1.165) is 11.3 Å². The summed E-state index contributed by atoms with van der Waals surface area (Å²) < 4.78 is 16.0. The van der Waals surface area contributed by atoms with Gasteiger partial charge >= 0.3 is 0 Å². The number of aliphatic hydroxyl groups is 1. The standard InChI is InChI=1S/C28H25Cl2NO6/c1-35-19-9-7-16(8-10-19)11-12-31-24(17-5-4-6-20(13-17)36-2)23(26(33)28(31)34)25(32)21-14-18(29)15-22(30)27(21)37-3/h4-10,13-15,24,32H,11-12H2,1-3H3/b25-23+. The van der Waals surface area contributed by atoms with Gasteiger partial charge in [0, 0.05) is 11.6 Å². The van der Waals surface area contributed by atoms with E-state index in [2.05, 4.69) is 0 Å². The first kappa shape index (κ1) is 26.4. The lowest BCUT2D eigenvalue weighted by Gasteiger charge is -2.26. The van der Waals surface area contributed by atoms with Gasteiger partial charge in [-0.2, -0.15) is 0 Å². The Labute approximate surface area is 224 Å². The molecule has 1 atom stereocenters. The lowest BCUT2D eigenvalue weighted by molar-refractivity contribution is -0.139. The Morgan fingerprint density at radius 1 is 0.919 bits per heavy atom. The van der Waals surface area contributed by atoms with Crippen molar-refractivity contribution in [2.45, 2.75) is 12.5 Å². The zero-order chi connectivity index (χ0) is 26.7. The summed E-state index contributed by atoms with van der Waals surface area (Å²) in [4.78, 5) is 28.1. The van der Waals surface area contributed by atoms with Crippen molar-refractivity contribution in [2.75, 3.05) is 27.9 Å². The van der Waals surface area contributed by atoms with Crippen LogP contribution in [-0.4, -0.2) is 49.6 Å². The number of likely N-dealkylation sites (tertiary alicyclic amines) is 1. The fourth-order valence-corrected chi connectivity index (χ4v) is 4.97. The lowest BCUT2D eigenvalue weighted by atomic mass is 9.94. The monoisotopic (exact) mass is 541 g/mol. The molecule has 0 spiro atoms. The molecule has 1 heterocycles. The van der Waals surface area contributed by atoms with E-state index in [4.69, 9.17) is 37.4 Å². The highest BCUT2D eigenvalue weighted by atomic mass is 35.5. The Kier molecular flexibility index (Phi) is 7.95. The molecule has 3 aromatic rings. The molecule has 1 aliphatic rings. The molecule has 0 bridgehead atoms. The average Bonchev–Trinajstić information content (AvgIpc) is 3.16. The fraction of sp³-hybridized carbons (Fsp3) is 0.214. The van der Waals surface area contributed by atoms with E-state index in [1.807, 2.05) is 24.3 Å². The summed E-state index contributed by atoms with van der Waals surface area (Å²) in [7, 11) is 4.50. The second-order valence-electron chi connectivity index (χ2n) is 8.34. The third-order valence-electron chi connectivity index (χ3n) is 6.22. The average molecular weight is 542 g/mol. The SMILES string of the molecule is COc1ccc(CCN2C(=O)C(=O)/C(=C(/O)c3cc(Cl)cc(Cl)c3OC)C2c2cccc(OC)c2)cc1. The highest BCUT2D eigenvalue weighted by Crippen LogP contribution is 2.43. The first-order valence-corrected chi connectivity index (χ1v) is 12.1. The zero-order valence-corrected chi connectivity index (χ0v) is 22.0. The number of carbonyl (C=O) groups excluding carboxylic acids is 2. The summed E-state index contributed by atoms with van der Waals surface area (Å²) in [6, 6.07) is 16.5. The summed E-state index contributed by atoms with van der Waals surface area (Å²) in [6.45, 7) is 0.225. The molecule has 3 aromatic carbocycles. The second-order valence-corrected chi connectivity index (χ2v) is 9.18. The maximum absolute atomic E-state index is 13.4. The molecule has 1 fully saturated rings. The summed E-state index contributed by atoms with van der Waals surface area (Å²) in [5.41, 5.74) is 1.57. The quantitative estimate of drug-likeness (QED) is 0.224. The van der Waals surface area contributed by atoms with Gasteiger partial charge in [0.15, 0.2) is 0 Å². The van der Waals surface area contributed by atoms with E-state index in [0.29, 0.717) is 17.7 Å². The van der Waals surface area contributed by atoms with Crippen molar-refractivity contribution in [1.29, 1.82) is 0 Å². The van der Waals surface area contributed by atoms with E-state index in [1.165, 1.54) is 31.3 Å². The van der Waals surface area contributed by atoms with Crippen LogP contribution in [0.1, 0.15) is 22.7 Å². The van der Waals surface area contributed by atoms with E-state index >= 15 is 0 Å². The molecule has 1 unspecified atom stereocenters. The van der Waals surface area contributed by atoms with Crippen molar-refractivity contribution < 1.29 is 28.9 Å². The van der Waals surface area contributed by atoms with Gasteiger partial charge < -0.3 is 24.2 Å². The summed E-state index contributed by atoms with van der Waals surface area (Å²) in [6.07, 6.45) is 0.476. The van der Waals surface area contributed by atoms with E-state index in [1.54, 1.807) is 31.4 Å². The Morgan fingerprint density at radius 2 is 1.62 bits per heavy atom. The number of halogens is 2. The molecule has 9 heteroatoms. The molecule has 1 amide bonds. The van der Waals surface area contributed by atoms with Crippen LogP contribution >= 0.6 is 23.2 Å². The summed E-state index contributed by atoms with van der Waals surface area (Å²) >= 11 is 12.5. The number of aliphatic hydroxyl groups excluding tert-OH is 1. The van der Waals surface area contributed by atoms with E-state index < -0.39 is 23.5 Å². The molecule has 0 radical (unpaired) electrons. The van der Waals surface area contributed by atoms with Crippen LogP contribution in [0.2, 0.25) is 10.0 Å². The number of nitrogens with zero attached hydrogens (tertiary/aromatic N) is 1. The molecule has 192 valence electrons. The van der Waals surface area contributed by atoms with Gasteiger partial charge in [-0.05, 0) is 53.9 Å². The maximum Gasteiger partial charge on any atom is 0.295 e. The molecular weight excluding hydrogens is 517 g/mol. The van der Waals surface area contributed by atoms with E-state index in [-0.39, 0.29) is 33.5 Å². The number of ketones is 1. The largest absolute Gasteiger partial charge is 0.507 e. The minimum absolute atomic E-state index is 0.0929. The van der Waals surface area contributed by atoms with Crippen molar-refractivity contribution in [3.05, 3.63) is 93.0 Å². The Bertz CT molecular complexity index is 1370. The number of ether oxygens (including phenoxy) is 3. The number of Topliss-reactive ketones (excluding diaryl/α,β-unsaturated/α-hetero) is 1. The van der Waals surface area contributed by atoms with Crippen molar-refractivity contribution in [1.82, 2.24) is 4.90 Å². The van der Waals surface area contributed by atoms with Crippen LogP contribution < -0.4 is 14.2 Å². The summed E-state index contributed by atoms with van der Waals surface area (Å²) in [5, 5.41) is 11.8. The van der Waals surface area contributed by atoms with Gasteiger partial charge in [0.2, 0.25) is 0 Å². The van der Waals surface area contributed by atoms with Crippen LogP contribution in [0.3, 0.4) is 0 Å². The van der Waals surface area contributed by atoms with Gasteiger partial charge in [-0.15, -0.1) is 0 Å². The highest BCUT2D eigenvalue weighted by molar-refractivity contribution is 6.46. The van der Waals surface area contributed by atoms with Gasteiger partial charge in [0.25, 0.3) is 11.7 Å². The minimum atomic E-state index is -0.879. The van der Waals surface area contributed by atoms with Crippen LogP contribution in [0.4, 0.5) is 0 Å². The number of hydrogen-bond donors (Lipinski definition) is 1. The van der Waals surface area contributed by atoms with Gasteiger partial charge in [-0.3, -0.25) is 9.59 Å². The van der Waals surface area contributed by atoms with Crippen LogP contribution in [0.25, 0.3) is 5.76 Å². The molecule has 4 rings (SSSR count). The van der Waals surface area contributed by atoms with Crippen LogP contribution in [0.15, 0.2) is 66.2 Å². The van der Waals surface area contributed by atoms with Gasteiger partial charge in [-0.25, -0.2) is 0 Å². The number of rotatable bonds is 8. The molecule has 1 saturated heterocycles. The van der Waals surface area contributed by atoms with Crippen LogP contribution in [0.5, 0.6) is 17.2 Å². The van der Waals surface area contributed by atoms with Crippen molar-refractivity contribution in [3.8, 4) is 17.2 Å². The molecule has 0 saturated carbocycles. The molecule has 7 nitrogen and oxygen atoms in total. The van der Waals surface area contributed by atoms with Crippen molar-refractivity contribution in [2.24, 2.45) is 0 Å². The molecule has 1 N–H and O–H groups in total.